The van der Waals surface area contributed by atoms with E-state index in [2.05, 4.69) is 20.6 Å². The molecule has 3 heterocycles. The van der Waals surface area contributed by atoms with Gasteiger partial charge in [-0.25, -0.2) is 14.4 Å². The van der Waals surface area contributed by atoms with E-state index in [0.29, 0.717) is 52.0 Å². The van der Waals surface area contributed by atoms with Crippen molar-refractivity contribution >= 4 is 34.9 Å². The van der Waals surface area contributed by atoms with Gasteiger partial charge in [-0.15, -0.1) is 0 Å². The third-order valence-electron chi connectivity index (χ3n) is 6.69. The van der Waals surface area contributed by atoms with Gasteiger partial charge in [-0.2, -0.15) is 0 Å². The first-order valence-electron chi connectivity index (χ1n) is 13.1. The van der Waals surface area contributed by atoms with E-state index >= 15 is 0 Å². The number of aliphatic imine (C=N–C) groups is 1. The van der Waals surface area contributed by atoms with Gasteiger partial charge in [0.2, 0.25) is 5.95 Å². The summed E-state index contributed by atoms with van der Waals surface area (Å²) in [5, 5.41) is 6.65. The molecule has 0 aliphatic carbocycles. The Morgan fingerprint density at radius 2 is 1.71 bits per heavy atom. The van der Waals surface area contributed by atoms with E-state index < -0.39 is 0 Å². The Morgan fingerprint density at radius 1 is 0.905 bits per heavy atom. The number of fused-ring (bicyclic) bond motifs is 3. The zero-order chi connectivity index (χ0) is 28.2. The summed E-state index contributed by atoms with van der Waals surface area (Å²) in [7, 11) is 0. The van der Waals surface area contributed by atoms with Crippen molar-refractivity contribution in [2.75, 3.05) is 11.9 Å². The van der Waals surface area contributed by atoms with Crippen LogP contribution in [-0.4, -0.2) is 33.1 Å². The predicted molar refractivity (Wildman–Crippen MR) is 165 cm³/mol. The molecule has 7 nitrogen and oxygen atoms in total. The molecule has 0 saturated carbocycles. The van der Waals surface area contributed by atoms with Gasteiger partial charge in [0.25, 0.3) is 5.91 Å². The molecule has 0 unspecified atom stereocenters. The van der Waals surface area contributed by atoms with Crippen molar-refractivity contribution in [2.45, 2.75) is 20.4 Å². The number of carbonyl (C=O) groups excluding carboxylic acids is 1. The van der Waals surface area contributed by atoms with Crippen molar-refractivity contribution in [3.8, 4) is 11.3 Å². The van der Waals surface area contributed by atoms with Gasteiger partial charge in [0.1, 0.15) is 5.82 Å². The third-order valence-corrected chi connectivity index (χ3v) is 6.92. The Bertz CT molecular complexity index is 1760. The van der Waals surface area contributed by atoms with Gasteiger partial charge in [0.05, 0.1) is 18.0 Å². The molecule has 1 aliphatic rings. The lowest BCUT2D eigenvalue weighted by Gasteiger charge is -2.13. The number of hydrogen-bond donors (Lipinski definition) is 2. The summed E-state index contributed by atoms with van der Waals surface area (Å²) in [6, 6.07) is 24.8. The number of carbonyl (C=O) groups is 1. The average Bonchev–Trinajstić information content (AvgIpc) is 3.14. The molecule has 0 bridgehead atoms. The maximum Gasteiger partial charge on any atom is 0.251 e. The zero-order valence-corrected chi connectivity index (χ0v) is 22.6. The lowest BCUT2D eigenvalue weighted by Crippen LogP contribution is -2.25. The van der Waals surface area contributed by atoms with E-state index in [0.717, 1.165) is 22.5 Å². The minimum absolute atomic E-state index is 0. The summed E-state index contributed by atoms with van der Waals surface area (Å²) in [5.41, 5.74) is 6.09. The summed E-state index contributed by atoms with van der Waals surface area (Å²) >= 11 is 6.35. The molecule has 6 rings (SSSR count). The highest BCUT2D eigenvalue weighted by atomic mass is 35.5. The number of rotatable bonds is 7. The highest BCUT2D eigenvalue weighted by molar-refractivity contribution is 6.31. The first-order chi connectivity index (χ1) is 20.0. The standard InChI is InChI=1S/C32H24ClFN6O.CH4/c33-22-10-13-25-27(17-22)30(26-6-1-2-7-28(26)34)37-18-21-19-38-32(40-29(21)25)39-24-11-8-20(9-12-24)31(41)36-16-14-23-5-3-4-15-35-23;/h1-13,15,17,19H,14,16,18H2,(H,36,41)(H,38,39,40);1H4. The second kappa shape index (κ2) is 12.7. The molecular formula is C33H28ClFN6O. The SMILES string of the molecule is C.O=C(NCCc1ccccn1)c1ccc(Nc2ncc3c(n2)-c2ccc(Cl)cc2C(c2ccccc2F)=NC3)cc1. The minimum Gasteiger partial charge on any atom is -0.352 e. The van der Waals surface area contributed by atoms with Gasteiger partial charge in [0.15, 0.2) is 0 Å². The summed E-state index contributed by atoms with van der Waals surface area (Å²) in [5.74, 6) is -0.136. The number of halogens is 2. The summed E-state index contributed by atoms with van der Waals surface area (Å²) < 4.78 is 14.8. The molecule has 1 amide bonds. The molecule has 9 heteroatoms. The molecule has 3 aromatic carbocycles. The van der Waals surface area contributed by atoms with Gasteiger partial charge in [-0.3, -0.25) is 14.8 Å². The van der Waals surface area contributed by atoms with Crippen LogP contribution in [0.15, 0.2) is 102 Å². The molecule has 0 fully saturated rings. The highest BCUT2D eigenvalue weighted by Crippen LogP contribution is 2.34. The molecule has 1 aliphatic heterocycles. The van der Waals surface area contributed by atoms with Crippen LogP contribution in [0, 0.1) is 5.82 Å². The predicted octanol–water partition coefficient (Wildman–Crippen LogP) is 7.03. The molecule has 2 N–H and O–H groups in total. The van der Waals surface area contributed by atoms with Crippen LogP contribution in [0.4, 0.5) is 16.0 Å². The van der Waals surface area contributed by atoms with Crippen molar-refractivity contribution in [3.05, 3.63) is 136 Å². The minimum atomic E-state index is -0.359. The van der Waals surface area contributed by atoms with E-state index in [1.165, 1.54) is 6.07 Å². The Labute approximate surface area is 248 Å². The molecule has 0 spiro atoms. The number of hydrogen-bond acceptors (Lipinski definition) is 6. The van der Waals surface area contributed by atoms with Crippen molar-refractivity contribution in [2.24, 2.45) is 4.99 Å². The molecule has 0 radical (unpaired) electrons. The first kappa shape index (κ1) is 28.6. The quantitative estimate of drug-likeness (QED) is 0.216. The number of amides is 1. The van der Waals surface area contributed by atoms with Crippen LogP contribution in [0.1, 0.15) is 40.2 Å². The fourth-order valence-electron chi connectivity index (χ4n) is 4.65. The molecule has 0 saturated heterocycles. The van der Waals surface area contributed by atoms with E-state index in [1.807, 2.05) is 24.3 Å². The number of pyridine rings is 1. The third kappa shape index (κ3) is 6.19. The summed E-state index contributed by atoms with van der Waals surface area (Å²) in [4.78, 5) is 30.9. The maximum atomic E-state index is 14.8. The Balaban J connectivity index is 0.00000353. The van der Waals surface area contributed by atoms with Crippen molar-refractivity contribution in [1.29, 1.82) is 0 Å². The molecule has 0 atom stereocenters. The number of nitrogens with one attached hydrogen (secondary N) is 2. The normalized spacial score (nSPS) is 11.7. The van der Waals surface area contributed by atoms with Crippen LogP contribution in [-0.2, 0) is 13.0 Å². The monoisotopic (exact) mass is 578 g/mol. The van der Waals surface area contributed by atoms with Crippen molar-refractivity contribution in [3.63, 3.8) is 0 Å². The molecular weight excluding hydrogens is 551 g/mol. The maximum absolute atomic E-state index is 14.8. The van der Waals surface area contributed by atoms with Gasteiger partial charge in [0, 0.05) is 69.6 Å². The van der Waals surface area contributed by atoms with E-state index in [4.69, 9.17) is 21.6 Å². The Kier molecular flexibility index (Phi) is 8.64. The lowest BCUT2D eigenvalue weighted by atomic mass is 9.95. The van der Waals surface area contributed by atoms with E-state index in [-0.39, 0.29) is 25.7 Å². The van der Waals surface area contributed by atoms with Crippen LogP contribution in [0.5, 0.6) is 0 Å². The van der Waals surface area contributed by atoms with Crippen LogP contribution in [0.25, 0.3) is 11.3 Å². The van der Waals surface area contributed by atoms with Crippen LogP contribution in [0.2, 0.25) is 5.02 Å². The second-order valence-electron chi connectivity index (χ2n) is 9.43. The van der Waals surface area contributed by atoms with Crippen LogP contribution >= 0.6 is 11.6 Å². The number of anilines is 2. The van der Waals surface area contributed by atoms with E-state index in [1.54, 1.807) is 67.0 Å². The average molecular weight is 579 g/mol. The number of benzene rings is 3. The molecule has 210 valence electrons. The van der Waals surface area contributed by atoms with Gasteiger partial charge in [-0.1, -0.05) is 43.3 Å². The number of aromatic nitrogens is 3. The Morgan fingerprint density at radius 3 is 2.50 bits per heavy atom. The topological polar surface area (TPSA) is 92.2 Å². The number of nitrogens with zero attached hydrogens (tertiary/aromatic N) is 4. The molecule has 5 aromatic rings. The fraction of sp³-hybridized carbons (Fsp3) is 0.121. The Hall–Kier alpha value is -4.95. The lowest BCUT2D eigenvalue weighted by molar-refractivity contribution is 0.0954. The zero-order valence-electron chi connectivity index (χ0n) is 21.8. The largest absolute Gasteiger partial charge is 0.352 e. The molecule has 42 heavy (non-hydrogen) atoms. The second-order valence-corrected chi connectivity index (χ2v) is 9.87. The molecule has 2 aromatic heterocycles. The first-order valence-corrected chi connectivity index (χ1v) is 13.4. The van der Waals surface area contributed by atoms with Gasteiger partial charge < -0.3 is 10.6 Å². The van der Waals surface area contributed by atoms with Crippen molar-refractivity contribution in [1.82, 2.24) is 20.3 Å². The smallest absolute Gasteiger partial charge is 0.251 e. The van der Waals surface area contributed by atoms with Gasteiger partial charge >= 0.3 is 0 Å². The summed E-state index contributed by atoms with van der Waals surface area (Å²) in [6.07, 6.45) is 4.12. The summed E-state index contributed by atoms with van der Waals surface area (Å²) in [6.45, 7) is 0.781. The van der Waals surface area contributed by atoms with Gasteiger partial charge in [-0.05, 0) is 60.7 Å². The van der Waals surface area contributed by atoms with Crippen LogP contribution < -0.4 is 10.6 Å². The van der Waals surface area contributed by atoms with E-state index in [9.17, 15) is 9.18 Å². The van der Waals surface area contributed by atoms with Crippen molar-refractivity contribution < 1.29 is 9.18 Å². The fourth-order valence-corrected chi connectivity index (χ4v) is 4.83. The highest BCUT2D eigenvalue weighted by Gasteiger charge is 2.23. The van der Waals surface area contributed by atoms with Crippen LogP contribution in [0.3, 0.4) is 0 Å².